The molecule has 1 fully saturated rings. The zero-order valence-electron chi connectivity index (χ0n) is 27.4. The number of unbranched alkanes of at least 4 members (excludes halogenated alkanes) is 2. The molecule has 2 aromatic carbocycles. The summed E-state index contributed by atoms with van der Waals surface area (Å²) in [6.45, 7) is 5.00. The van der Waals surface area contributed by atoms with Gasteiger partial charge in [0.1, 0.15) is 44.3 Å². The number of rotatable bonds is 10. The number of nitrogens with zero attached hydrogens (tertiary/aromatic N) is 2. The first kappa shape index (κ1) is 40.1. The Balaban J connectivity index is 0.000000392. The van der Waals surface area contributed by atoms with Gasteiger partial charge in [0.2, 0.25) is 0 Å². The predicted octanol–water partition coefficient (Wildman–Crippen LogP) is 5.25. The number of hydrogen-bond acceptors (Lipinski definition) is 5. The molecule has 2 unspecified atom stereocenters. The molecule has 49 heavy (non-hydrogen) atoms. The van der Waals surface area contributed by atoms with Gasteiger partial charge in [-0.3, -0.25) is 0 Å². The van der Waals surface area contributed by atoms with Crippen LogP contribution in [0.15, 0.2) is 60.7 Å². The van der Waals surface area contributed by atoms with Crippen LogP contribution in [0.5, 0.6) is 0 Å². The Hall–Kier alpha value is -3.35. The first-order chi connectivity index (χ1) is 23.1. The van der Waals surface area contributed by atoms with Crippen molar-refractivity contribution < 1.29 is 55.3 Å². The Morgan fingerprint density at radius 1 is 0.673 bits per heavy atom. The van der Waals surface area contributed by atoms with Crippen LogP contribution in [0.1, 0.15) is 68.9 Å². The maximum absolute atomic E-state index is 10.5. The molecule has 0 aliphatic carbocycles. The number of hydrogen-bond donors (Lipinski definition) is 0. The summed E-state index contributed by atoms with van der Waals surface area (Å²) < 4.78 is 68.9. The number of halogens is 6. The summed E-state index contributed by atoms with van der Waals surface area (Å²) >= 11 is 2.28. The fourth-order valence-corrected chi connectivity index (χ4v) is 8.39. The van der Waals surface area contributed by atoms with E-state index in [-0.39, 0.29) is 0 Å². The number of carbonyl (C=O) groups excluding carboxylic acids is 2. The second-order valence-electron chi connectivity index (χ2n) is 12.9. The molecule has 0 amide bonds. The van der Waals surface area contributed by atoms with Gasteiger partial charge >= 0.3 is 12.4 Å². The summed E-state index contributed by atoms with van der Waals surface area (Å²) in [5.74, 6) is -4.69. The van der Waals surface area contributed by atoms with Crippen LogP contribution in [-0.2, 0) is 22.4 Å². The van der Waals surface area contributed by atoms with E-state index in [9.17, 15) is 26.3 Å². The van der Waals surface area contributed by atoms with Gasteiger partial charge in [0, 0.05) is 31.4 Å². The largest absolute Gasteiger partial charge is 0.542 e. The molecule has 0 bridgehead atoms. The number of aryl methyl sites for hydroxylation is 2. The van der Waals surface area contributed by atoms with Crippen molar-refractivity contribution in [2.45, 2.75) is 87.7 Å². The SMILES string of the molecule is C1=[N+](CCCCc2ccccc2)CCCC12CSC1(C=[N+](CCCCc3ccccc3)CCC1)C2.O=C([O-])C(F)(F)F.O=C([O-])C(F)(F)F. The van der Waals surface area contributed by atoms with Crippen LogP contribution >= 0.6 is 11.8 Å². The van der Waals surface area contributed by atoms with Crippen molar-refractivity contribution in [1.82, 2.24) is 0 Å². The second kappa shape index (κ2) is 18.6. The molecule has 3 aliphatic rings. The van der Waals surface area contributed by atoms with Crippen LogP contribution in [0.4, 0.5) is 26.3 Å². The van der Waals surface area contributed by atoms with E-state index in [0.717, 1.165) is 0 Å². The summed E-state index contributed by atoms with van der Waals surface area (Å²) in [6.07, 6.45) is 9.52. The minimum Gasteiger partial charge on any atom is -0.542 e. The van der Waals surface area contributed by atoms with Gasteiger partial charge in [-0.05, 0) is 56.1 Å². The molecule has 5 rings (SSSR count). The van der Waals surface area contributed by atoms with Crippen molar-refractivity contribution >= 4 is 36.1 Å². The Bertz CT molecular complexity index is 1300. The molecule has 13 heteroatoms. The van der Waals surface area contributed by atoms with Crippen molar-refractivity contribution in [3.63, 3.8) is 0 Å². The highest BCUT2D eigenvalue weighted by atomic mass is 32.2. The van der Waals surface area contributed by atoms with E-state index in [1.807, 2.05) is 0 Å². The van der Waals surface area contributed by atoms with Crippen LogP contribution in [0.25, 0.3) is 0 Å². The molecular weight excluding hydrogens is 670 g/mol. The molecule has 2 spiro atoms. The Labute approximate surface area is 287 Å². The molecule has 270 valence electrons. The third kappa shape index (κ3) is 14.2. The van der Waals surface area contributed by atoms with Crippen LogP contribution in [0, 0.1) is 5.41 Å². The summed E-state index contributed by atoms with van der Waals surface area (Å²) in [4.78, 5) is 17.6. The highest BCUT2D eigenvalue weighted by Crippen LogP contribution is 2.52. The van der Waals surface area contributed by atoms with Crippen molar-refractivity contribution in [2.75, 3.05) is 31.9 Å². The molecule has 0 radical (unpaired) electrons. The topological polar surface area (TPSA) is 86.3 Å². The second-order valence-corrected chi connectivity index (χ2v) is 14.3. The fraction of sp³-hybridized carbons (Fsp3) is 0.556. The van der Waals surface area contributed by atoms with Crippen LogP contribution < -0.4 is 10.2 Å². The number of carbonyl (C=O) groups is 2. The lowest BCUT2D eigenvalue weighted by Gasteiger charge is -2.30. The first-order valence-electron chi connectivity index (χ1n) is 16.6. The molecular formula is C36H44F6N2O4S. The molecule has 0 saturated carbocycles. The maximum Gasteiger partial charge on any atom is 0.430 e. The Morgan fingerprint density at radius 3 is 1.55 bits per heavy atom. The number of carboxylic acids is 2. The predicted molar refractivity (Wildman–Crippen MR) is 174 cm³/mol. The highest BCUT2D eigenvalue weighted by Gasteiger charge is 2.53. The molecule has 3 heterocycles. The molecule has 2 atom stereocenters. The third-order valence-corrected chi connectivity index (χ3v) is 10.6. The molecule has 3 aliphatic heterocycles. The van der Waals surface area contributed by atoms with Crippen LogP contribution in [-0.4, -0.2) is 82.6 Å². The molecule has 1 saturated heterocycles. The van der Waals surface area contributed by atoms with E-state index in [0.29, 0.717) is 10.2 Å². The van der Waals surface area contributed by atoms with Gasteiger partial charge in [-0.25, -0.2) is 9.15 Å². The first-order valence-corrected chi connectivity index (χ1v) is 17.6. The summed E-state index contributed by atoms with van der Waals surface area (Å²) in [6, 6.07) is 22.0. The van der Waals surface area contributed by atoms with E-state index >= 15 is 0 Å². The van der Waals surface area contributed by atoms with Gasteiger partial charge in [0.15, 0.2) is 6.21 Å². The highest BCUT2D eigenvalue weighted by molar-refractivity contribution is 8.01. The van der Waals surface area contributed by atoms with Gasteiger partial charge in [-0.1, -0.05) is 60.7 Å². The zero-order chi connectivity index (χ0) is 36.0. The van der Waals surface area contributed by atoms with Gasteiger partial charge in [0.25, 0.3) is 0 Å². The average molecular weight is 715 g/mol. The third-order valence-electron chi connectivity index (χ3n) is 8.81. The number of thioether (sulfide) groups is 1. The van der Waals surface area contributed by atoms with E-state index in [2.05, 4.69) is 94.0 Å². The van der Waals surface area contributed by atoms with Crippen LogP contribution in [0.2, 0.25) is 0 Å². The molecule has 0 aromatic heterocycles. The van der Waals surface area contributed by atoms with Gasteiger partial charge < -0.3 is 19.8 Å². The number of alkyl halides is 6. The van der Waals surface area contributed by atoms with Crippen molar-refractivity contribution in [1.29, 1.82) is 0 Å². The minimum atomic E-state index is -5.19. The van der Waals surface area contributed by atoms with E-state index in [1.54, 1.807) is 0 Å². The quantitative estimate of drug-likeness (QED) is 0.191. The number of carboxylic acid groups (broad SMARTS) is 2. The van der Waals surface area contributed by atoms with E-state index in [4.69, 9.17) is 19.8 Å². The molecule has 0 N–H and O–H groups in total. The maximum atomic E-state index is 10.5. The van der Waals surface area contributed by atoms with Crippen molar-refractivity contribution in [3.05, 3.63) is 71.8 Å². The van der Waals surface area contributed by atoms with Crippen LogP contribution in [0.3, 0.4) is 0 Å². The fourth-order valence-electron chi connectivity index (χ4n) is 6.60. The monoisotopic (exact) mass is 714 g/mol. The normalized spacial score (nSPS) is 21.9. The summed E-state index contributed by atoms with van der Waals surface area (Å²) in [7, 11) is 0. The van der Waals surface area contributed by atoms with Gasteiger partial charge in [-0.2, -0.15) is 26.3 Å². The summed E-state index contributed by atoms with van der Waals surface area (Å²) in [5.41, 5.74) is 3.41. The van der Waals surface area contributed by atoms with E-state index < -0.39 is 24.3 Å². The number of aliphatic carboxylic acids is 2. The molecule has 2 aromatic rings. The van der Waals surface area contributed by atoms with Gasteiger partial charge in [-0.15, -0.1) is 11.8 Å². The lowest BCUT2D eigenvalue weighted by Crippen LogP contribution is -2.41. The summed E-state index contributed by atoms with van der Waals surface area (Å²) in [5, 5.41) is 17.6. The average Bonchev–Trinajstić information content (AvgIpc) is 3.37. The van der Waals surface area contributed by atoms with Crippen molar-refractivity contribution in [3.8, 4) is 0 Å². The lowest BCUT2D eigenvalue weighted by atomic mass is 9.75. The Kier molecular flexibility index (Phi) is 15.2. The molecule has 6 nitrogen and oxygen atoms in total. The zero-order valence-corrected chi connectivity index (χ0v) is 28.3. The minimum absolute atomic E-state index is 0.393. The van der Waals surface area contributed by atoms with Crippen molar-refractivity contribution in [2.24, 2.45) is 5.41 Å². The van der Waals surface area contributed by atoms with Gasteiger partial charge in [0.05, 0.1) is 10.2 Å². The lowest BCUT2D eigenvalue weighted by molar-refractivity contribution is -0.533. The smallest absolute Gasteiger partial charge is 0.430 e. The number of benzene rings is 2. The standard InChI is InChI=1S/C32H44N2S.2C2HF3O2/c1-3-13-29(14-4-1)17-7-9-21-33-23-11-19-31(26-33)25-32(35-28-31)20-12-24-34(27-32)22-10-8-18-30-15-5-2-6-16-30;2*3-2(4,5)1(6)7/h1-6,13-16,26-27H,7-12,17-25,28H2;2*(H,6,7)/q+2;;/p-2. The Morgan fingerprint density at radius 2 is 1.10 bits per heavy atom. The van der Waals surface area contributed by atoms with E-state index in [1.165, 1.54) is 114 Å².